The highest BCUT2D eigenvalue weighted by Gasteiger charge is 2.31. The van der Waals surface area contributed by atoms with Crippen LogP contribution >= 0.6 is 15.9 Å². The Labute approximate surface area is 113 Å². The molecule has 0 radical (unpaired) electrons. The number of rotatable bonds is 5. The standard InChI is InChI=1S/C12H15BrFNO3/c1-12(18,11(16)17)7-15(2)6-8-5-9(13)3-4-10(8)14/h3-5,18H,6-7H2,1-2H3,(H,16,17)/t12-/m0/s1. The van der Waals surface area contributed by atoms with Crippen molar-refractivity contribution in [2.24, 2.45) is 0 Å². The number of hydrogen-bond donors (Lipinski definition) is 2. The molecule has 0 heterocycles. The first kappa shape index (κ1) is 15.1. The van der Waals surface area contributed by atoms with Crippen LogP contribution in [0.1, 0.15) is 12.5 Å². The number of carboxylic acid groups (broad SMARTS) is 1. The molecule has 100 valence electrons. The van der Waals surface area contributed by atoms with Crippen molar-refractivity contribution in [2.75, 3.05) is 13.6 Å². The molecule has 0 saturated heterocycles. The first-order valence-electron chi connectivity index (χ1n) is 5.30. The van der Waals surface area contributed by atoms with Gasteiger partial charge in [0.1, 0.15) is 5.82 Å². The Hall–Kier alpha value is -0.980. The molecule has 0 spiro atoms. The van der Waals surface area contributed by atoms with Crippen LogP contribution in [0.25, 0.3) is 0 Å². The number of likely N-dealkylation sites (N-methyl/N-ethyl adjacent to an activating group) is 1. The summed E-state index contributed by atoms with van der Waals surface area (Å²) in [6.07, 6.45) is 0. The number of benzene rings is 1. The second-order valence-corrected chi connectivity index (χ2v) is 5.40. The van der Waals surface area contributed by atoms with E-state index in [0.29, 0.717) is 5.56 Å². The number of aliphatic carboxylic acids is 1. The number of halogens is 2. The molecule has 0 aliphatic carbocycles. The van der Waals surface area contributed by atoms with E-state index >= 15 is 0 Å². The van der Waals surface area contributed by atoms with Gasteiger partial charge in [0.15, 0.2) is 5.60 Å². The maximum atomic E-state index is 13.5. The minimum Gasteiger partial charge on any atom is -0.479 e. The van der Waals surface area contributed by atoms with E-state index in [2.05, 4.69) is 15.9 Å². The average molecular weight is 320 g/mol. The molecule has 4 nitrogen and oxygen atoms in total. The van der Waals surface area contributed by atoms with Crippen molar-refractivity contribution in [1.29, 1.82) is 0 Å². The topological polar surface area (TPSA) is 60.8 Å². The van der Waals surface area contributed by atoms with Crippen LogP contribution in [0.4, 0.5) is 4.39 Å². The van der Waals surface area contributed by atoms with Crippen LogP contribution in [0.15, 0.2) is 22.7 Å². The molecule has 1 aromatic carbocycles. The Morgan fingerprint density at radius 1 is 1.56 bits per heavy atom. The lowest BCUT2D eigenvalue weighted by Gasteiger charge is -2.25. The summed E-state index contributed by atoms with van der Waals surface area (Å²) in [7, 11) is 1.62. The summed E-state index contributed by atoms with van der Waals surface area (Å²) in [5.74, 6) is -1.66. The number of aliphatic hydroxyl groups is 1. The Balaban J connectivity index is 2.73. The molecule has 0 amide bonds. The third-order valence-electron chi connectivity index (χ3n) is 2.49. The molecule has 0 aliphatic rings. The van der Waals surface area contributed by atoms with Gasteiger partial charge in [0.2, 0.25) is 0 Å². The fourth-order valence-electron chi connectivity index (χ4n) is 1.60. The molecule has 1 aromatic rings. The van der Waals surface area contributed by atoms with Gasteiger partial charge in [-0.3, -0.25) is 4.90 Å². The molecule has 0 bridgehead atoms. The van der Waals surface area contributed by atoms with E-state index < -0.39 is 11.6 Å². The number of hydrogen-bond acceptors (Lipinski definition) is 3. The van der Waals surface area contributed by atoms with Gasteiger partial charge in [-0.1, -0.05) is 15.9 Å². The molecule has 0 aliphatic heterocycles. The summed E-state index contributed by atoms with van der Waals surface area (Å²) < 4.78 is 14.2. The highest BCUT2D eigenvalue weighted by Crippen LogP contribution is 2.17. The van der Waals surface area contributed by atoms with E-state index in [0.717, 1.165) is 4.47 Å². The summed E-state index contributed by atoms with van der Waals surface area (Å²) in [4.78, 5) is 12.3. The summed E-state index contributed by atoms with van der Waals surface area (Å²) in [6, 6.07) is 4.55. The number of carboxylic acids is 1. The normalized spacial score (nSPS) is 14.6. The van der Waals surface area contributed by atoms with Gasteiger partial charge < -0.3 is 10.2 Å². The minimum atomic E-state index is -1.85. The molecule has 0 fully saturated rings. The summed E-state index contributed by atoms with van der Waals surface area (Å²) in [6.45, 7) is 1.34. The Morgan fingerprint density at radius 2 is 2.17 bits per heavy atom. The summed E-state index contributed by atoms with van der Waals surface area (Å²) in [5.41, 5.74) is -1.41. The monoisotopic (exact) mass is 319 g/mol. The predicted molar refractivity (Wildman–Crippen MR) is 68.7 cm³/mol. The zero-order valence-electron chi connectivity index (χ0n) is 10.2. The highest BCUT2D eigenvalue weighted by atomic mass is 79.9. The van der Waals surface area contributed by atoms with Crippen molar-refractivity contribution >= 4 is 21.9 Å². The van der Waals surface area contributed by atoms with Crippen LogP contribution in [-0.4, -0.2) is 40.3 Å². The third kappa shape index (κ3) is 4.04. The molecule has 0 unspecified atom stereocenters. The van der Waals surface area contributed by atoms with Crippen LogP contribution in [0.5, 0.6) is 0 Å². The second-order valence-electron chi connectivity index (χ2n) is 4.49. The zero-order valence-corrected chi connectivity index (χ0v) is 11.7. The first-order valence-corrected chi connectivity index (χ1v) is 6.10. The van der Waals surface area contributed by atoms with Gasteiger partial charge in [0, 0.05) is 23.1 Å². The molecular weight excluding hydrogens is 305 g/mol. The predicted octanol–water partition coefficient (Wildman–Crippen LogP) is 1.86. The van der Waals surface area contributed by atoms with Crippen molar-refractivity contribution in [3.8, 4) is 0 Å². The maximum Gasteiger partial charge on any atom is 0.336 e. The molecule has 0 saturated carbocycles. The van der Waals surface area contributed by atoms with Crippen LogP contribution in [0.2, 0.25) is 0 Å². The fourth-order valence-corrected chi connectivity index (χ4v) is 2.01. The van der Waals surface area contributed by atoms with Gasteiger partial charge in [-0.15, -0.1) is 0 Å². The van der Waals surface area contributed by atoms with Crippen LogP contribution in [0, 0.1) is 5.82 Å². The van der Waals surface area contributed by atoms with E-state index in [-0.39, 0.29) is 18.9 Å². The van der Waals surface area contributed by atoms with Gasteiger partial charge in [0.25, 0.3) is 0 Å². The Kier molecular flexibility index (Phi) is 4.84. The van der Waals surface area contributed by atoms with Gasteiger partial charge in [-0.2, -0.15) is 0 Å². The van der Waals surface area contributed by atoms with E-state index in [1.807, 2.05) is 0 Å². The van der Waals surface area contributed by atoms with E-state index in [4.69, 9.17) is 5.11 Å². The lowest BCUT2D eigenvalue weighted by Crippen LogP contribution is -2.45. The second kappa shape index (κ2) is 5.77. The summed E-state index contributed by atoms with van der Waals surface area (Å²) >= 11 is 3.24. The lowest BCUT2D eigenvalue weighted by atomic mass is 10.1. The van der Waals surface area contributed by atoms with Gasteiger partial charge in [0.05, 0.1) is 0 Å². The smallest absolute Gasteiger partial charge is 0.336 e. The molecule has 6 heteroatoms. The van der Waals surface area contributed by atoms with E-state index in [9.17, 15) is 14.3 Å². The number of nitrogens with zero attached hydrogens (tertiary/aromatic N) is 1. The van der Waals surface area contributed by atoms with Gasteiger partial charge in [-0.25, -0.2) is 9.18 Å². The van der Waals surface area contributed by atoms with Gasteiger partial charge in [-0.05, 0) is 32.2 Å². The van der Waals surface area contributed by atoms with Crippen molar-refractivity contribution in [2.45, 2.75) is 19.1 Å². The lowest BCUT2D eigenvalue weighted by molar-refractivity contribution is -0.158. The van der Waals surface area contributed by atoms with Crippen LogP contribution < -0.4 is 0 Å². The van der Waals surface area contributed by atoms with Crippen LogP contribution in [0.3, 0.4) is 0 Å². The molecule has 18 heavy (non-hydrogen) atoms. The summed E-state index contributed by atoms with van der Waals surface area (Å²) in [5, 5.41) is 18.4. The van der Waals surface area contributed by atoms with Crippen molar-refractivity contribution < 1.29 is 19.4 Å². The number of carbonyl (C=O) groups is 1. The first-order chi connectivity index (χ1) is 8.22. The molecular formula is C12H15BrFNO3. The zero-order chi connectivity index (χ0) is 13.9. The molecule has 1 rings (SSSR count). The molecule has 0 aromatic heterocycles. The highest BCUT2D eigenvalue weighted by molar-refractivity contribution is 9.10. The van der Waals surface area contributed by atoms with Crippen molar-refractivity contribution in [3.05, 3.63) is 34.1 Å². The van der Waals surface area contributed by atoms with E-state index in [1.54, 1.807) is 24.1 Å². The largest absolute Gasteiger partial charge is 0.479 e. The van der Waals surface area contributed by atoms with E-state index in [1.165, 1.54) is 13.0 Å². The SMILES string of the molecule is CN(Cc1cc(Br)ccc1F)C[C@](C)(O)C(=O)O. The third-order valence-corrected chi connectivity index (χ3v) is 2.98. The quantitative estimate of drug-likeness (QED) is 0.869. The van der Waals surface area contributed by atoms with Crippen molar-refractivity contribution in [3.63, 3.8) is 0 Å². The maximum absolute atomic E-state index is 13.5. The van der Waals surface area contributed by atoms with Crippen LogP contribution in [-0.2, 0) is 11.3 Å². The fraction of sp³-hybridized carbons (Fsp3) is 0.417. The molecule has 1 atom stereocenters. The Morgan fingerprint density at radius 3 is 2.72 bits per heavy atom. The molecule has 2 N–H and O–H groups in total. The average Bonchev–Trinajstić information content (AvgIpc) is 2.22. The van der Waals surface area contributed by atoms with Gasteiger partial charge >= 0.3 is 5.97 Å². The Bertz CT molecular complexity index is 451. The minimum absolute atomic E-state index is 0.0890. The van der Waals surface area contributed by atoms with Crippen molar-refractivity contribution in [1.82, 2.24) is 4.90 Å².